The van der Waals surface area contributed by atoms with Crippen LogP contribution in [0.4, 0.5) is 0 Å². The van der Waals surface area contributed by atoms with Crippen LogP contribution in [0.1, 0.15) is 38.1 Å². The lowest BCUT2D eigenvalue weighted by Gasteiger charge is -2.18. The number of nitrogens with one attached hydrogen (secondary N) is 2. The summed E-state index contributed by atoms with van der Waals surface area (Å²) in [5, 5.41) is 13.1. The second kappa shape index (κ2) is 8.30. The smallest absolute Gasteiger partial charge is 0.254 e. The van der Waals surface area contributed by atoms with Gasteiger partial charge in [0.05, 0.1) is 17.6 Å². The lowest BCUT2D eigenvalue weighted by molar-refractivity contribution is 0.0798. The van der Waals surface area contributed by atoms with Gasteiger partial charge >= 0.3 is 0 Å². The molecule has 1 aliphatic heterocycles. The van der Waals surface area contributed by atoms with Crippen molar-refractivity contribution in [2.24, 2.45) is 0 Å². The zero-order valence-electron chi connectivity index (χ0n) is 16.4. The highest BCUT2D eigenvalue weighted by Crippen LogP contribution is 2.21. The minimum absolute atomic E-state index is 0.0568. The first-order valence-corrected chi connectivity index (χ1v) is 9.96. The Bertz CT molecular complexity index is 1150. The molecule has 154 valence electrons. The predicted molar refractivity (Wildman–Crippen MR) is 115 cm³/mol. The fourth-order valence-electron chi connectivity index (χ4n) is 3.47. The van der Waals surface area contributed by atoms with E-state index < -0.39 is 6.04 Å². The van der Waals surface area contributed by atoms with Gasteiger partial charge in [-0.05, 0) is 48.9 Å². The van der Waals surface area contributed by atoms with Gasteiger partial charge in [0.1, 0.15) is 11.9 Å². The summed E-state index contributed by atoms with van der Waals surface area (Å²) in [6.45, 7) is 2.68. The Hall–Kier alpha value is -3.16. The van der Waals surface area contributed by atoms with Gasteiger partial charge in [0.15, 0.2) is 0 Å². The van der Waals surface area contributed by atoms with Crippen molar-refractivity contribution >= 4 is 34.4 Å². The maximum Gasteiger partial charge on any atom is 0.254 e. The number of halogens is 1. The number of hydrogen-bond donors (Lipinski definition) is 3. The van der Waals surface area contributed by atoms with Crippen LogP contribution in [0.3, 0.4) is 0 Å². The van der Waals surface area contributed by atoms with E-state index in [0.29, 0.717) is 40.6 Å². The number of benzene rings is 2. The minimum Gasteiger partial charge on any atom is -0.394 e. The first-order valence-electron chi connectivity index (χ1n) is 9.58. The van der Waals surface area contributed by atoms with Crippen molar-refractivity contribution in [1.29, 1.82) is 0 Å². The van der Waals surface area contributed by atoms with Gasteiger partial charge in [-0.25, -0.2) is 4.98 Å². The number of imidazole rings is 1. The lowest BCUT2D eigenvalue weighted by Crippen LogP contribution is -2.32. The second-order valence-corrected chi connectivity index (χ2v) is 7.64. The van der Waals surface area contributed by atoms with E-state index in [1.807, 2.05) is 12.2 Å². The largest absolute Gasteiger partial charge is 0.394 e. The molecule has 0 saturated heterocycles. The van der Waals surface area contributed by atoms with Gasteiger partial charge in [-0.3, -0.25) is 9.59 Å². The molecule has 0 aliphatic carbocycles. The maximum absolute atomic E-state index is 12.8. The summed E-state index contributed by atoms with van der Waals surface area (Å²) in [6.07, 6.45) is 3.91. The van der Waals surface area contributed by atoms with Crippen molar-refractivity contribution in [2.45, 2.75) is 13.0 Å². The quantitative estimate of drug-likeness (QED) is 0.548. The summed E-state index contributed by atoms with van der Waals surface area (Å²) < 4.78 is 0. The standard InChI is InChI=1S/C22H21ClN4O3/c1-13-10-14(4-6-16(13)22(30)27-8-2-3-9-27)21(29)26-19(12-28)20-24-17-7-5-15(23)11-18(17)25-20/h2-7,10-11,19,28H,8-9,12H2,1H3,(H,24,25)(H,26,29)/t19-/m0/s1. The molecule has 8 heteroatoms. The molecule has 1 atom stereocenters. The number of fused-ring (bicyclic) bond motifs is 1. The highest BCUT2D eigenvalue weighted by atomic mass is 35.5. The fraction of sp³-hybridized carbons (Fsp3) is 0.227. The zero-order chi connectivity index (χ0) is 21.3. The Kier molecular flexibility index (Phi) is 5.57. The zero-order valence-corrected chi connectivity index (χ0v) is 17.1. The number of rotatable bonds is 5. The van der Waals surface area contributed by atoms with Gasteiger partial charge in [-0.1, -0.05) is 23.8 Å². The van der Waals surface area contributed by atoms with Crippen molar-refractivity contribution in [2.75, 3.05) is 19.7 Å². The van der Waals surface area contributed by atoms with E-state index in [1.165, 1.54) is 0 Å². The van der Waals surface area contributed by atoms with Crippen LogP contribution in [0, 0.1) is 6.92 Å². The monoisotopic (exact) mass is 424 g/mol. The third-order valence-electron chi connectivity index (χ3n) is 5.10. The number of H-pyrrole nitrogens is 1. The molecule has 1 aliphatic rings. The number of aromatic amines is 1. The number of aryl methyl sites for hydroxylation is 1. The number of carbonyl (C=O) groups is 2. The molecule has 1 aromatic heterocycles. The molecule has 3 aromatic rings. The molecule has 3 N–H and O–H groups in total. The lowest BCUT2D eigenvalue weighted by atomic mass is 10.0. The Balaban J connectivity index is 1.51. The molecule has 0 fully saturated rings. The van der Waals surface area contributed by atoms with Crippen LogP contribution in [0.5, 0.6) is 0 Å². The van der Waals surface area contributed by atoms with Crippen LogP contribution < -0.4 is 5.32 Å². The third kappa shape index (κ3) is 3.94. The van der Waals surface area contributed by atoms with Crippen LogP contribution in [0.25, 0.3) is 11.0 Å². The number of carbonyl (C=O) groups excluding carboxylic acids is 2. The fourth-order valence-corrected chi connectivity index (χ4v) is 3.64. The molecule has 0 saturated carbocycles. The van der Waals surface area contributed by atoms with Gasteiger partial charge in [-0.2, -0.15) is 0 Å². The van der Waals surface area contributed by atoms with Crippen LogP contribution in [-0.2, 0) is 0 Å². The summed E-state index contributed by atoms with van der Waals surface area (Å²) in [6, 6.07) is 9.49. The summed E-state index contributed by atoms with van der Waals surface area (Å²) in [4.78, 5) is 34.6. The SMILES string of the molecule is Cc1cc(C(=O)N[C@@H](CO)c2nc3ccc(Cl)cc3[nH]2)ccc1C(=O)N1CC=CC1. The molecular formula is C22H21ClN4O3. The summed E-state index contributed by atoms with van der Waals surface area (Å²) in [5.41, 5.74) is 3.11. The van der Waals surface area contributed by atoms with Crippen molar-refractivity contribution in [3.8, 4) is 0 Å². The van der Waals surface area contributed by atoms with Gasteiger partial charge in [0.2, 0.25) is 0 Å². The van der Waals surface area contributed by atoms with Crippen molar-refractivity contribution in [1.82, 2.24) is 20.2 Å². The number of amides is 2. The first-order chi connectivity index (χ1) is 14.5. The number of aromatic nitrogens is 2. The molecular weight excluding hydrogens is 404 g/mol. The van der Waals surface area contributed by atoms with Gasteiger partial charge in [0, 0.05) is 29.2 Å². The average Bonchev–Trinajstić information content (AvgIpc) is 3.40. The number of aliphatic hydroxyl groups excluding tert-OH is 1. The molecule has 4 rings (SSSR count). The summed E-state index contributed by atoms with van der Waals surface area (Å²) >= 11 is 6.00. The van der Waals surface area contributed by atoms with E-state index in [9.17, 15) is 14.7 Å². The molecule has 2 amide bonds. The molecule has 0 bridgehead atoms. The predicted octanol–water partition coefficient (Wildman–Crippen LogP) is 3.00. The Morgan fingerprint density at radius 1 is 1.23 bits per heavy atom. The van der Waals surface area contributed by atoms with E-state index in [2.05, 4.69) is 15.3 Å². The van der Waals surface area contributed by atoms with Crippen LogP contribution >= 0.6 is 11.6 Å². The molecule has 0 radical (unpaired) electrons. The molecule has 7 nitrogen and oxygen atoms in total. The molecule has 0 spiro atoms. The number of hydrogen-bond acceptors (Lipinski definition) is 4. The topological polar surface area (TPSA) is 98.3 Å². The van der Waals surface area contributed by atoms with Crippen molar-refractivity contribution in [3.63, 3.8) is 0 Å². The van der Waals surface area contributed by atoms with Crippen molar-refractivity contribution in [3.05, 3.63) is 76.1 Å². The Labute approximate surface area is 178 Å². The summed E-state index contributed by atoms with van der Waals surface area (Å²) in [5.74, 6) is 0.0178. The summed E-state index contributed by atoms with van der Waals surface area (Å²) in [7, 11) is 0. The second-order valence-electron chi connectivity index (χ2n) is 7.20. The highest BCUT2D eigenvalue weighted by Gasteiger charge is 2.21. The first kappa shape index (κ1) is 20.1. The van der Waals surface area contributed by atoms with Crippen molar-refractivity contribution < 1.29 is 14.7 Å². The van der Waals surface area contributed by atoms with E-state index in [1.54, 1.807) is 48.2 Å². The van der Waals surface area contributed by atoms with Gasteiger partial charge in [0.25, 0.3) is 11.8 Å². The Morgan fingerprint density at radius 3 is 2.70 bits per heavy atom. The van der Waals surface area contributed by atoms with E-state index in [-0.39, 0.29) is 18.4 Å². The highest BCUT2D eigenvalue weighted by molar-refractivity contribution is 6.31. The molecule has 0 unspecified atom stereocenters. The average molecular weight is 425 g/mol. The third-order valence-corrected chi connectivity index (χ3v) is 5.34. The molecule has 30 heavy (non-hydrogen) atoms. The molecule has 2 aromatic carbocycles. The normalized spacial score (nSPS) is 14.3. The maximum atomic E-state index is 12.8. The minimum atomic E-state index is -0.707. The Morgan fingerprint density at radius 2 is 2.00 bits per heavy atom. The van der Waals surface area contributed by atoms with Crippen LogP contribution in [0.15, 0.2) is 48.6 Å². The van der Waals surface area contributed by atoms with E-state index in [0.717, 1.165) is 11.1 Å². The van der Waals surface area contributed by atoms with Crippen LogP contribution in [0.2, 0.25) is 5.02 Å². The van der Waals surface area contributed by atoms with Gasteiger partial charge < -0.3 is 20.3 Å². The number of nitrogens with zero attached hydrogens (tertiary/aromatic N) is 2. The van der Waals surface area contributed by atoms with E-state index >= 15 is 0 Å². The molecule has 2 heterocycles. The van der Waals surface area contributed by atoms with Gasteiger partial charge in [-0.15, -0.1) is 0 Å². The number of aliphatic hydroxyl groups is 1. The van der Waals surface area contributed by atoms with E-state index in [4.69, 9.17) is 11.6 Å². The van der Waals surface area contributed by atoms with Crippen LogP contribution in [-0.4, -0.2) is 51.5 Å².